The Morgan fingerprint density at radius 1 is 1.50 bits per heavy atom. The van der Waals surface area contributed by atoms with Crippen LogP contribution < -0.4 is 0 Å². The van der Waals surface area contributed by atoms with Gasteiger partial charge in [0.1, 0.15) is 10.7 Å². The SMILES string of the molecule is N#CCCN(C[C@H]1CCOC1)S(=O)(=O)c1c(F)cccc1Cl. The molecule has 1 fully saturated rings. The average Bonchev–Trinajstić information content (AvgIpc) is 2.95. The number of ether oxygens (including phenoxy) is 1. The van der Waals surface area contributed by atoms with Gasteiger partial charge in [0.2, 0.25) is 10.0 Å². The fraction of sp³-hybridized carbons (Fsp3) is 0.500. The zero-order valence-corrected chi connectivity index (χ0v) is 13.4. The number of sulfonamides is 1. The van der Waals surface area contributed by atoms with Crippen molar-refractivity contribution in [3.05, 3.63) is 29.0 Å². The Balaban J connectivity index is 2.33. The van der Waals surface area contributed by atoms with E-state index in [1.54, 1.807) is 0 Å². The molecule has 120 valence electrons. The summed E-state index contributed by atoms with van der Waals surface area (Å²) in [5.41, 5.74) is 0. The smallest absolute Gasteiger partial charge is 0.247 e. The van der Waals surface area contributed by atoms with Crippen molar-refractivity contribution in [3.8, 4) is 6.07 Å². The summed E-state index contributed by atoms with van der Waals surface area (Å²) in [5, 5.41) is 8.56. The molecule has 1 atom stereocenters. The molecule has 0 bridgehead atoms. The van der Waals surface area contributed by atoms with E-state index in [1.807, 2.05) is 6.07 Å². The van der Waals surface area contributed by atoms with Gasteiger partial charge in [-0.25, -0.2) is 12.8 Å². The number of rotatable bonds is 6. The first-order valence-corrected chi connectivity index (χ1v) is 8.67. The van der Waals surface area contributed by atoms with Gasteiger partial charge in [-0.05, 0) is 24.5 Å². The molecular weight excluding hydrogens is 331 g/mol. The van der Waals surface area contributed by atoms with Gasteiger partial charge in [-0.15, -0.1) is 0 Å². The Kier molecular flexibility index (Phi) is 5.75. The number of nitriles is 1. The number of halogens is 2. The lowest BCUT2D eigenvalue weighted by molar-refractivity contribution is 0.180. The second-order valence-corrected chi connectivity index (χ2v) is 7.33. The summed E-state index contributed by atoms with van der Waals surface area (Å²) in [6.45, 7) is 1.23. The maximum absolute atomic E-state index is 14.0. The number of hydrogen-bond acceptors (Lipinski definition) is 4. The molecule has 2 rings (SSSR count). The summed E-state index contributed by atoms with van der Waals surface area (Å²) in [4.78, 5) is -0.534. The standard InChI is InChI=1S/C14H16ClFN2O3S/c15-12-3-1-4-13(16)14(12)22(19,20)18(7-2-6-17)9-11-5-8-21-10-11/h1,3-4,11H,2,5,7-10H2/t11-/m1/s1. The van der Waals surface area contributed by atoms with Crippen LogP contribution in [0.3, 0.4) is 0 Å². The molecule has 1 aliphatic rings. The van der Waals surface area contributed by atoms with Crippen LogP contribution in [0, 0.1) is 23.1 Å². The molecular formula is C14H16ClFN2O3S. The normalized spacial score (nSPS) is 18.5. The summed E-state index contributed by atoms with van der Waals surface area (Å²) < 4.78 is 45.8. The number of hydrogen-bond donors (Lipinski definition) is 0. The molecule has 0 aliphatic carbocycles. The van der Waals surface area contributed by atoms with Gasteiger partial charge >= 0.3 is 0 Å². The van der Waals surface area contributed by atoms with Gasteiger partial charge in [0.25, 0.3) is 0 Å². The van der Waals surface area contributed by atoms with Crippen LogP contribution in [0.2, 0.25) is 5.02 Å². The zero-order valence-electron chi connectivity index (χ0n) is 11.8. The van der Waals surface area contributed by atoms with Crippen LogP contribution in [0.25, 0.3) is 0 Å². The summed E-state index contributed by atoms with van der Waals surface area (Å²) in [5.74, 6) is -0.851. The van der Waals surface area contributed by atoms with E-state index in [0.29, 0.717) is 13.2 Å². The highest BCUT2D eigenvalue weighted by molar-refractivity contribution is 7.89. The topological polar surface area (TPSA) is 70.4 Å². The summed E-state index contributed by atoms with van der Waals surface area (Å²) >= 11 is 5.87. The van der Waals surface area contributed by atoms with E-state index in [2.05, 4.69) is 0 Å². The van der Waals surface area contributed by atoms with E-state index in [0.717, 1.165) is 16.8 Å². The molecule has 1 saturated heterocycles. The molecule has 1 aliphatic heterocycles. The maximum Gasteiger partial charge on any atom is 0.247 e. The van der Waals surface area contributed by atoms with E-state index in [1.165, 1.54) is 12.1 Å². The fourth-order valence-electron chi connectivity index (χ4n) is 2.36. The Morgan fingerprint density at radius 2 is 2.27 bits per heavy atom. The Morgan fingerprint density at radius 3 is 2.86 bits per heavy atom. The van der Waals surface area contributed by atoms with Crippen molar-refractivity contribution in [3.63, 3.8) is 0 Å². The van der Waals surface area contributed by atoms with Gasteiger partial charge in [-0.2, -0.15) is 9.57 Å². The van der Waals surface area contributed by atoms with Crippen molar-refractivity contribution in [1.29, 1.82) is 5.26 Å². The van der Waals surface area contributed by atoms with Crippen LogP contribution in [0.15, 0.2) is 23.1 Å². The molecule has 1 heterocycles. The monoisotopic (exact) mass is 346 g/mol. The predicted octanol–water partition coefficient (Wildman–Crippen LogP) is 2.42. The highest BCUT2D eigenvalue weighted by atomic mass is 35.5. The Bertz CT molecular complexity index is 649. The molecule has 0 aromatic heterocycles. The van der Waals surface area contributed by atoms with Crippen LogP contribution in [0.4, 0.5) is 4.39 Å². The maximum atomic E-state index is 14.0. The molecule has 8 heteroatoms. The zero-order chi connectivity index (χ0) is 16.2. The summed E-state index contributed by atoms with van der Waals surface area (Å²) in [6, 6.07) is 5.65. The van der Waals surface area contributed by atoms with Crippen molar-refractivity contribution < 1.29 is 17.5 Å². The predicted molar refractivity (Wildman–Crippen MR) is 79.3 cm³/mol. The summed E-state index contributed by atoms with van der Waals surface area (Å²) in [7, 11) is -4.10. The van der Waals surface area contributed by atoms with E-state index in [9.17, 15) is 12.8 Å². The lowest BCUT2D eigenvalue weighted by atomic mass is 10.1. The quantitative estimate of drug-likeness (QED) is 0.793. The second-order valence-electron chi connectivity index (χ2n) is 5.05. The van der Waals surface area contributed by atoms with E-state index in [-0.39, 0.29) is 30.5 Å². The van der Waals surface area contributed by atoms with Crippen molar-refractivity contribution in [1.82, 2.24) is 4.31 Å². The molecule has 0 radical (unpaired) electrons. The summed E-state index contributed by atoms with van der Waals surface area (Å²) in [6.07, 6.45) is 0.766. The van der Waals surface area contributed by atoms with Crippen molar-refractivity contribution in [2.45, 2.75) is 17.7 Å². The van der Waals surface area contributed by atoms with Gasteiger partial charge in [0.05, 0.1) is 17.7 Å². The minimum atomic E-state index is -4.10. The highest BCUT2D eigenvalue weighted by Crippen LogP contribution is 2.28. The fourth-order valence-corrected chi connectivity index (χ4v) is 4.44. The molecule has 0 saturated carbocycles. The van der Waals surface area contributed by atoms with E-state index in [4.69, 9.17) is 21.6 Å². The molecule has 0 unspecified atom stereocenters. The molecule has 0 spiro atoms. The molecule has 0 amide bonds. The van der Waals surface area contributed by atoms with Crippen LogP contribution >= 0.6 is 11.6 Å². The minimum Gasteiger partial charge on any atom is -0.381 e. The van der Waals surface area contributed by atoms with Crippen molar-refractivity contribution in [2.24, 2.45) is 5.92 Å². The third kappa shape index (κ3) is 3.76. The van der Waals surface area contributed by atoms with E-state index < -0.39 is 20.7 Å². The first-order chi connectivity index (χ1) is 10.5. The van der Waals surface area contributed by atoms with Gasteiger partial charge in [-0.3, -0.25) is 0 Å². The highest BCUT2D eigenvalue weighted by Gasteiger charge is 2.32. The third-order valence-corrected chi connectivity index (χ3v) is 5.84. The Hall–Kier alpha value is -1.20. The van der Waals surface area contributed by atoms with Gasteiger partial charge in [0.15, 0.2) is 0 Å². The molecule has 1 aromatic rings. The van der Waals surface area contributed by atoms with Crippen LogP contribution in [-0.2, 0) is 14.8 Å². The molecule has 0 N–H and O–H groups in total. The van der Waals surface area contributed by atoms with Crippen molar-refractivity contribution >= 4 is 21.6 Å². The lowest BCUT2D eigenvalue weighted by Crippen LogP contribution is -2.37. The van der Waals surface area contributed by atoms with Gasteiger partial charge in [0, 0.05) is 26.1 Å². The number of nitrogens with zero attached hydrogens (tertiary/aromatic N) is 2. The number of benzene rings is 1. The van der Waals surface area contributed by atoms with Crippen molar-refractivity contribution in [2.75, 3.05) is 26.3 Å². The van der Waals surface area contributed by atoms with Gasteiger partial charge in [-0.1, -0.05) is 17.7 Å². The molecule has 1 aromatic carbocycles. The average molecular weight is 347 g/mol. The second kappa shape index (κ2) is 7.38. The minimum absolute atomic E-state index is 0.00000346. The Labute approximate surface area is 134 Å². The largest absolute Gasteiger partial charge is 0.381 e. The first-order valence-electron chi connectivity index (χ1n) is 6.85. The molecule has 22 heavy (non-hydrogen) atoms. The third-order valence-electron chi connectivity index (χ3n) is 3.48. The van der Waals surface area contributed by atoms with Gasteiger partial charge < -0.3 is 4.74 Å². The van der Waals surface area contributed by atoms with Crippen LogP contribution in [0.5, 0.6) is 0 Å². The van der Waals surface area contributed by atoms with E-state index >= 15 is 0 Å². The first kappa shape index (κ1) is 17.2. The lowest BCUT2D eigenvalue weighted by Gasteiger charge is -2.24. The van der Waals surface area contributed by atoms with Crippen LogP contribution in [-0.4, -0.2) is 39.0 Å². The van der Waals surface area contributed by atoms with Crippen LogP contribution in [0.1, 0.15) is 12.8 Å². The molecule has 5 nitrogen and oxygen atoms in total.